The number of aromatic nitrogens is 2. The van der Waals surface area contributed by atoms with Crippen LogP contribution in [0.5, 0.6) is 5.75 Å². The van der Waals surface area contributed by atoms with Gasteiger partial charge in [-0.1, -0.05) is 43.4 Å². The number of carbonyl (C=O) groups is 2. The van der Waals surface area contributed by atoms with Gasteiger partial charge in [0.1, 0.15) is 11.5 Å². The van der Waals surface area contributed by atoms with Crippen molar-refractivity contribution in [2.45, 2.75) is 26.8 Å². The Hall–Kier alpha value is -4.04. The maximum Gasteiger partial charge on any atom is 0.301 e. The van der Waals surface area contributed by atoms with E-state index >= 15 is 0 Å². The van der Waals surface area contributed by atoms with E-state index in [4.69, 9.17) is 4.74 Å². The number of Topliss-reactive ketones (excluding diaryl/α,β-unsaturated/α-hetero) is 1. The minimum Gasteiger partial charge on any atom is -0.507 e. The maximum atomic E-state index is 13.4. The van der Waals surface area contributed by atoms with Crippen molar-refractivity contribution in [1.29, 1.82) is 0 Å². The molecule has 1 aliphatic rings. The van der Waals surface area contributed by atoms with Gasteiger partial charge >= 0.3 is 5.91 Å². The lowest BCUT2D eigenvalue weighted by Crippen LogP contribution is -2.29. The van der Waals surface area contributed by atoms with Crippen molar-refractivity contribution < 1.29 is 19.4 Å². The molecule has 0 bridgehead atoms. The number of anilines is 1. The smallest absolute Gasteiger partial charge is 0.301 e. The molecule has 0 saturated carbocycles. The van der Waals surface area contributed by atoms with Crippen molar-refractivity contribution in [3.8, 4) is 5.75 Å². The Morgan fingerprint density at radius 2 is 1.94 bits per heavy atom. The maximum absolute atomic E-state index is 13.4. The van der Waals surface area contributed by atoms with E-state index in [1.807, 2.05) is 31.2 Å². The number of hydrogen-bond acceptors (Lipinski definition) is 7. The predicted octanol–water partition coefficient (Wildman–Crippen LogP) is 5.66. The molecule has 0 spiro atoms. The largest absolute Gasteiger partial charge is 0.507 e. The number of para-hydroxylation sites is 1. The first-order valence-corrected chi connectivity index (χ1v) is 12.5. The van der Waals surface area contributed by atoms with E-state index in [2.05, 4.69) is 23.8 Å². The number of amides is 1. The first-order chi connectivity index (χ1) is 17.3. The number of benzene rings is 2. The van der Waals surface area contributed by atoms with Crippen molar-refractivity contribution in [3.63, 3.8) is 0 Å². The Bertz CT molecular complexity index is 1460. The van der Waals surface area contributed by atoms with Gasteiger partial charge in [-0.15, -0.1) is 0 Å². The molecule has 0 radical (unpaired) electrons. The molecule has 8 heteroatoms. The second-order valence-corrected chi connectivity index (χ2v) is 10.1. The van der Waals surface area contributed by atoms with Gasteiger partial charge in [0.2, 0.25) is 0 Å². The van der Waals surface area contributed by atoms with E-state index in [0.29, 0.717) is 34.5 Å². The van der Waals surface area contributed by atoms with Gasteiger partial charge in [-0.25, -0.2) is 4.98 Å². The minimum atomic E-state index is -0.864. The van der Waals surface area contributed by atoms with Gasteiger partial charge in [0.05, 0.1) is 28.4 Å². The summed E-state index contributed by atoms with van der Waals surface area (Å²) >= 11 is 1.32. The number of aliphatic hydroxyl groups excluding tert-OH is 1. The van der Waals surface area contributed by atoms with E-state index in [0.717, 1.165) is 15.8 Å². The molecule has 1 atom stereocenters. The third-order valence-corrected chi connectivity index (χ3v) is 6.99. The summed E-state index contributed by atoms with van der Waals surface area (Å²) in [5.74, 6) is -0.671. The van der Waals surface area contributed by atoms with Crippen LogP contribution in [-0.2, 0) is 9.59 Å². The fraction of sp³-hybridized carbons (Fsp3) is 0.214. The van der Waals surface area contributed by atoms with Gasteiger partial charge in [0.15, 0.2) is 5.13 Å². The van der Waals surface area contributed by atoms with E-state index in [-0.39, 0.29) is 11.3 Å². The summed E-state index contributed by atoms with van der Waals surface area (Å²) in [6, 6.07) is 15.4. The van der Waals surface area contributed by atoms with E-state index in [1.165, 1.54) is 16.2 Å². The van der Waals surface area contributed by atoms with E-state index in [1.54, 1.807) is 42.7 Å². The van der Waals surface area contributed by atoms with Crippen molar-refractivity contribution in [2.75, 3.05) is 11.5 Å². The van der Waals surface area contributed by atoms with Gasteiger partial charge in [-0.3, -0.25) is 19.5 Å². The van der Waals surface area contributed by atoms with Crippen molar-refractivity contribution in [2.24, 2.45) is 5.92 Å². The highest BCUT2D eigenvalue weighted by Crippen LogP contribution is 2.44. The summed E-state index contributed by atoms with van der Waals surface area (Å²) < 4.78 is 6.74. The van der Waals surface area contributed by atoms with Crippen molar-refractivity contribution >= 4 is 44.1 Å². The van der Waals surface area contributed by atoms with Gasteiger partial charge in [-0.05, 0) is 60.4 Å². The number of pyridine rings is 1. The number of ether oxygens (including phenoxy) is 1. The fourth-order valence-electron chi connectivity index (χ4n) is 4.22. The molecular formula is C28H25N3O4S. The number of carbonyl (C=O) groups excluding carboxylic acids is 2. The van der Waals surface area contributed by atoms with Crippen LogP contribution in [0.25, 0.3) is 16.0 Å². The number of aryl methyl sites for hydroxylation is 1. The quantitative estimate of drug-likeness (QED) is 0.209. The lowest BCUT2D eigenvalue weighted by Gasteiger charge is -2.22. The highest BCUT2D eigenvalue weighted by atomic mass is 32.1. The topological polar surface area (TPSA) is 92.6 Å². The Balaban J connectivity index is 1.63. The summed E-state index contributed by atoms with van der Waals surface area (Å²) in [6.45, 7) is 6.59. The SMILES string of the molecule is Cc1cc(/C(O)=C2\C(=O)C(=O)N(c3nc4ccccc4s3)C2c2cccnc2)ccc1OCC(C)C. The Kier molecular flexibility index (Phi) is 6.28. The number of nitrogens with zero attached hydrogens (tertiary/aromatic N) is 3. The molecule has 36 heavy (non-hydrogen) atoms. The molecule has 4 aromatic rings. The fourth-order valence-corrected chi connectivity index (χ4v) is 5.21. The van der Waals surface area contributed by atoms with Gasteiger partial charge < -0.3 is 9.84 Å². The summed E-state index contributed by atoms with van der Waals surface area (Å²) in [5, 5.41) is 11.8. The molecule has 2 aromatic heterocycles. The van der Waals surface area contributed by atoms with Gasteiger partial charge in [-0.2, -0.15) is 0 Å². The van der Waals surface area contributed by atoms with Gasteiger partial charge in [0.25, 0.3) is 5.78 Å². The summed E-state index contributed by atoms with van der Waals surface area (Å²) in [5.41, 5.74) is 2.59. The third kappa shape index (κ3) is 4.24. The van der Waals surface area contributed by atoms with Crippen LogP contribution in [0.2, 0.25) is 0 Å². The number of fused-ring (bicyclic) bond motifs is 1. The molecule has 182 valence electrons. The number of rotatable bonds is 6. The van der Waals surface area contributed by atoms with Crippen LogP contribution in [0.15, 0.2) is 72.6 Å². The summed E-state index contributed by atoms with van der Waals surface area (Å²) in [7, 11) is 0. The van der Waals surface area contributed by atoms with Crippen LogP contribution in [0.3, 0.4) is 0 Å². The lowest BCUT2D eigenvalue weighted by molar-refractivity contribution is -0.132. The number of ketones is 1. The van der Waals surface area contributed by atoms with Crippen LogP contribution >= 0.6 is 11.3 Å². The average molecular weight is 500 g/mol. The molecule has 3 heterocycles. The Morgan fingerprint density at radius 1 is 1.14 bits per heavy atom. The lowest BCUT2D eigenvalue weighted by atomic mass is 9.96. The van der Waals surface area contributed by atoms with Crippen LogP contribution < -0.4 is 9.64 Å². The van der Waals surface area contributed by atoms with Gasteiger partial charge in [0, 0.05) is 18.0 Å². The zero-order valence-electron chi connectivity index (χ0n) is 20.1. The van der Waals surface area contributed by atoms with E-state index < -0.39 is 17.7 Å². The van der Waals surface area contributed by atoms with Crippen molar-refractivity contribution in [1.82, 2.24) is 9.97 Å². The zero-order valence-corrected chi connectivity index (χ0v) is 21.0. The summed E-state index contributed by atoms with van der Waals surface area (Å²) in [4.78, 5) is 36.9. The molecule has 1 N–H and O–H groups in total. The highest BCUT2D eigenvalue weighted by molar-refractivity contribution is 7.22. The first-order valence-electron chi connectivity index (χ1n) is 11.7. The molecule has 0 aliphatic carbocycles. The molecule has 1 amide bonds. The van der Waals surface area contributed by atoms with Crippen LogP contribution in [-0.4, -0.2) is 33.4 Å². The normalized spacial score (nSPS) is 17.3. The Morgan fingerprint density at radius 3 is 2.64 bits per heavy atom. The molecule has 1 aliphatic heterocycles. The summed E-state index contributed by atoms with van der Waals surface area (Å²) in [6.07, 6.45) is 3.21. The van der Waals surface area contributed by atoms with Crippen LogP contribution in [0.1, 0.15) is 36.6 Å². The van der Waals surface area contributed by atoms with Crippen LogP contribution in [0, 0.1) is 12.8 Å². The zero-order chi connectivity index (χ0) is 25.4. The molecule has 1 unspecified atom stereocenters. The number of aliphatic hydroxyl groups is 1. The Labute approximate surface area is 212 Å². The number of thiazole rings is 1. The monoisotopic (exact) mass is 499 g/mol. The minimum absolute atomic E-state index is 0.00232. The third-order valence-electron chi connectivity index (χ3n) is 5.95. The molecule has 5 rings (SSSR count). The first kappa shape index (κ1) is 23.7. The second-order valence-electron chi connectivity index (χ2n) is 9.10. The predicted molar refractivity (Wildman–Crippen MR) is 140 cm³/mol. The highest BCUT2D eigenvalue weighted by Gasteiger charge is 2.48. The van der Waals surface area contributed by atoms with E-state index in [9.17, 15) is 14.7 Å². The molecule has 1 fully saturated rings. The standard InChI is InChI=1S/C28H25N3O4S/c1-16(2)15-35-21-11-10-18(13-17(21)3)25(32)23-24(19-7-6-12-29-14-19)31(27(34)26(23)33)28-30-20-8-4-5-9-22(20)36-28/h4-14,16,24,32H,15H2,1-3H3/b25-23+. The van der Waals surface area contributed by atoms with Crippen molar-refractivity contribution in [3.05, 3.63) is 89.3 Å². The molecule has 7 nitrogen and oxygen atoms in total. The molecule has 2 aromatic carbocycles. The number of hydrogen-bond donors (Lipinski definition) is 1. The molecular weight excluding hydrogens is 474 g/mol. The second kappa shape index (κ2) is 9.54. The molecule has 1 saturated heterocycles. The van der Waals surface area contributed by atoms with Crippen LogP contribution in [0.4, 0.5) is 5.13 Å². The average Bonchev–Trinajstić information content (AvgIpc) is 3.41.